The summed E-state index contributed by atoms with van der Waals surface area (Å²) in [6.45, 7) is 18.5. The second-order valence-electron chi connectivity index (χ2n) is 11.4. The minimum absolute atomic E-state index is 0.504. The summed E-state index contributed by atoms with van der Waals surface area (Å²) >= 11 is 0. The van der Waals surface area contributed by atoms with E-state index in [1.54, 1.807) is 5.20 Å². The number of allylic oxidation sites excluding steroid dienone is 4. The molecule has 0 bridgehead atoms. The van der Waals surface area contributed by atoms with Crippen LogP contribution in [0.1, 0.15) is 96.3 Å². The van der Waals surface area contributed by atoms with Crippen molar-refractivity contribution in [2.75, 3.05) is 0 Å². The van der Waals surface area contributed by atoms with Gasteiger partial charge < -0.3 is 0 Å². The molecule has 182 valence electrons. The Morgan fingerprint density at radius 1 is 0.571 bits per heavy atom. The Morgan fingerprint density at radius 3 is 1.23 bits per heavy atom. The molecule has 0 aromatic heterocycles. The van der Waals surface area contributed by atoms with E-state index in [-0.39, 0.29) is 0 Å². The molecule has 0 spiro atoms. The van der Waals surface area contributed by atoms with Gasteiger partial charge in [0.15, 0.2) is 8.07 Å². The molecule has 0 radical (unpaired) electrons. The zero-order valence-corrected chi connectivity index (χ0v) is 23.9. The number of hydrogen-bond donors (Lipinski definition) is 0. The van der Waals surface area contributed by atoms with Crippen LogP contribution < -0.4 is 15.6 Å². The van der Waals surface area contributed by atoms with Crippen molar-refractivity contribution in [1.29, 1.82) is 0 Å². The highest BCUT2D eigenvalue weighted by molar-refractivity contribution is 7.16. The van der Waals surface area contributed by atoms with Gasteiger partial charge in [0.05, 0.1) is 0 Å². The van der Waals surface area contributed by atoms with Crippen LogP contribution in [0.3, 0.4) is 0 Å². The predicted octanol–water partition coefficient (Wildman–Crippen LogP) is 7.73. The molecule has 1 aliphatic carbocycles. The van der Waals surface area contributed by atoms with Gasteiger partial charge in [-0.1, -0.05) is 137 Å². The van der Waals surface area contributed by atoms with Gasteiger partial charge in [-0.15, -0.1) is 0 Å². The molecule has 0 nitrogen and oxygen atoms in total. The van der Waals surface area contributed by atoms with Crippen LogP contribution in [-0.4, -0.2) is 8.07 Å². The average Bonchev–Trinajstić information content (AvgIpc) is 3.18. The molecule has 1 aliphatic rings. The van der Waals surface area contributed by atoms with Crippen LogP contribution in [-0.2, 0) is 0 Å². The molecular weight excluding hydrogens is 436 g/mol. The summed E-state index contributed by atoms with van der Waals surface area (Å²) in [6.07, 6.45) is 3.50. The lowest BCUT2D eigenvalue weighted by atomic mass is 10.0. The van der Waals surface area contributed by atoms with E-state index in [1.807, 2.05) is 0 Å². The van der Waals surface area contributed by atoms with E-state index in [0.29, 0.717) is 17.8 Å². The number of benzene rings is 3. The Kier molecular flexibility index (Phi) is 7.38. The normalized spacial score (nSPS) is 14.4. The quantitative estimate of drug-likeness (QED) is 0.241. The first-order valence-corrected chi connectivity index (χ1v) is 15.3. The lowest BCUT2D eigenvalue weighted by Crippen LogP contribution is -2.69. The van der Waals surface area contributed by atoms with E-state index in [2.05, 4.69) is 134 Å². The fourth-order valence-corrected chi connectivity index (χ4v) is 11.2. The van der Waals surface area contributed by atoms with Gasteiger partial charge in [0.25, 0.3) is 0 Å². The van der Waals surface area contributed by atoms with E-state index >= 15 is 0 Å². The van der Waals surface area contributed by atoms with Gasteiger partial charge in [-0.25, -0.2) is 0 Å². The smallest absolute Gasteiger partial charge is 0.0694 e. The van der Waals surface area contributed by atoms with Gasteiger partial charge in [0.2, 0.25) is 0 Å². The highest BCUT2D eigenvalue weighted by atomic mass is 28.3. The molecule has 0 atom stereocenters. The largest absolute Gasteiger partial charge is 0.176 e. The second-order valence-corrected chi connectivity index (χ2v) is 15.3. The van der Waals surface area contributed by atoms with Crippen molar-refractivity contribution in [2.24, 2.45) is 0 Å². The van der Waals surface area contributed by atoms with Gasteiger partial charge in [0, 0.05) is 0 Å². The molecule has 0 amide bonds. The van der Waals surface area contributed by atoms with E-state index < -0.39 is 8.07 Å². The summed E-state index contributed by atoms with van der Waals surface area (Å²) in [5.41, 5.74) is 7.24. The zero-order chi connectivity index (χ0) is 25.3. The molecule has 35 heavy (non-hydrogen) atoms. The highest BCUT2D eigenvalue weighted by Gasteiger charge is 2.45. The minimum Gasteiger partial charge on any atom is -0.0694 e. The van der Waals surface area contributed by atoms with Crippen LogP contribution in [0.2, 0.25) is 0 Å². The second kappa shape index (κ2) is 10.2. The van der Waals surface area contributed by atoms with Gasteiger partial charge >= 0.3 is 0 Å². The molecule has 0 aliphatic heterocycles. The van der Waals surface area contributed by atoms with Crippen molar-refractivity contribution in [3.63, 3.8) is 0 Å². The summed E-state index contributed by atoms with van der Waals surface area (Å²) in [7, 11) is -2.50. The van der Waals surface area contributed by atoms with E-state index in [0.717, 1.165) is 6.42 Å². The number of rotatable bonds is 7. The maximum atomic E-state index is 2.54. The zero-order valence-electron chi connectivity index (χ0n) is 22.9. The third kappa shape index (κ3) is 4.76. The number of hydrogen-bond acceptors (Lipinski definition) is 0. The minimum atomic E-state index is -2.50. The molecule has 0 fully saturated rings. The fourth-order valence-electron chi connectivity index (χ4n) is 5.77. The lowest BCUT2D eigenvalue weighted by Gasteiger charge is -2.37. The molecule has 0 saturated carbocycles. The van der Waals surface area contributed by atoms with Crippen LogP contribution >= 0.6 is 0 Å². The van der Waals surface area contributed by atoms with Crippen molar-refractivity contribution >= 4 is 23.6 Å². The van der Waals surface area contributed by atoms with Gasteiger partial charge in [-0.3, -0.25) is 0 Å². The topological polar surface area (TPSA) is 0 Å². The third-order valence-corrected chi connectivity index (χ3v) is 12.8. The molecule has 0 heterocycles. The van der Waals surface area contributed by atoms with E-state index in [1.165, 1.54) is 43.4 Å². The van der Waals surface area contributed by atoms with Gasteiger partial charge in [0.1, 0.15) is 0 Å². The lowest BCUT2D eigenvalue weighted by molar-refractivity contribution is 0.867. The van der Waals surface area contributed by atoms with Crippen molar-refractivity contribution in [1.82, 2.24) is 0 Å². The Hall–Kier alpha value is -2.64. The summed E-state index contributed by atoms with van der Waals surface area (Å²) < 4.78 is 0. The van der Waals surface area contributed by atoms with Gasteiger partial charge in [-0.2, -0.15) is 0 Å². The maximum absolute atomic E-state index is 2.54. The highest BCUT2D eigenvalue weighted by Crippen LogP contribution is 2.33. The SMILES string of the molecule is CC1=CC(C)=C([Si](c2cccc(C(C)C)c2)(c2cccc(C(C)C)c2)c2cccc(C(C)C)c2)C1. The average molecular weight is 479 g/mol. The fraction of sp³-hybridized carbons (Fsp3) is 0.353. The molecule has 0 unspecified atom stereocenters. The van der Waals surface area contributed by atoms with Crippen molar-refractivity contribution in [2.45, 2.75) is 79.6 Å². The summed E-state index contributed by atoms with van der Waals surface area (Å²) in [5.74, 6) is 1.51. The molecule has 1 heteroatoms. The summed E-state index contributed by atoms with van der Waals surface area (Å²) in [5, 5.41) is 6.20. The Labute approximate surface area is 214 Å². The van der Waals surface area contributed by atoms with Crippen LogP contribution in [0, 0.1) is 0 Å². The first-order valence-electron chi connectivity index (χ1n) is 13.3. The van der Waals surface area contributed by atoms with Crippen LogP contribution in [0.4, 0.5) is 0 Å². The Bertz CT molecular complexity index is 1140. The predicted molar refractivity (Wildman–Crippen MR) is 157 cm³/mol. The van der Waals surface area contributed by atoms with Crippen LogP contribution in [0.5, 0.6) is 0 Å². The van der Waals surface area contributed by atoms with E-state index in [9.17, 15) is 0 Å². The van der Waals surface area contributed by atoms with Gasteiger partial charge in [-0.05, 0) is 70.3 Å². The Balaban J connectivity index is 2.16. The van der Waals surface area contributed by atoms with Crippen LogP contribution in [0.25, 0.3) is 0 Å². The van der Waals surface area contributed by atoms with Crippen LogP contribution in [0.15, 0.2) is 95.2 Å². The third-order valence-electron chi connectivity index (χ3n) is 7.81. The molecule has 4 rings (SSSR count). The van der Waals surface area contributed by atoms with E-state index in [4.69, 9.17) is 0 Å². The van der Waals surface area contributed by atoms with Crippen molar-refractivity contribution in [3.8, 4) is 0 Å². The maximum Gasteiger partial charge on any atom is 0.176 e. The molecule has 0 N–H and O–H groups in total. The first kappa shape index (κ1) is 25.4. The van der Waals surface area contributed by atoms with Crippen molar-refractivity contribution < 1.29 is 0 Å². The standard InChI is InChI=1S/C34H42Si/c1-23(2)28-12-9-15-31(20-28)35(34-19-26(7)18-27(34)8,32-16-10-13-29(21-32)24(3)4)33-17-11-14-30(22-33)25(5)6/h9-18,20-25H,19H2,1-8H3. The monoisotopic (exact) mass is 478 g/mol. The first-order chi connectivity index (χ1) is 16.6. The summed E-state index contributed by atoms with van der Waals surface area (Å²) in [4.78, 5) is 0. The molecule has 3 aromatic carbocycles. The molecule has 3 aromatic rings. The molecular formula is C34H42Si. The summed E-state index contributed by atoms with van der Waals surface area (Å²) in [6, 6.07) is 28.7. The Morgan fingerprint density at radius 2 is 0.943 bits per heavy atom. The van der Waals surface area contributed by atoms with Crippen molar-refractivity contribution in [3.05, 3.63) is 112 Å². The molecule has 0 saturated heterocycles.